The maximum absolute atomic E-state index is 4.82. The van der Waals surface area contributed by atoms with Gasteiger partial charge in [0.15, 0.2) is 0 Å². The van der Waals surface area contributed by atoms with Crippen LogP contribution in [0.15, 0.2) is 36.7 Å². The fourth-order valence-corrected chi connectivity index (χ4v) is 3.41. The predicted molar refractivity (Wildman–Crippen MR) is 89.9 cm³/mol. The molecule has 0 saturated carbocycles. The first-order valence-corrected chi connectivity index (χ1v) is 8.06. The number of rotatable bonds is 3. The molecule has 1 N–H and O–H groups in total. The number of imidazole rings is 2. The SMILES string of the molecule is Cn1ccnc1C1CNCCN1Cc1nc2ccccc2n1C. The van der Waals surface area contributed by atoms with Crippen molar-refractivity contribution in [3.8, 4) is 0 Å². The van der Waals surface area contributed by atoms with Crippen molar-refractivity contribution in [2.75, 3.05) is 19.6 Å². The van der Waals surface area contributed by atoms with Gasteiger partial charge < -0.3 is 14.5 Å². The van der Waals surface area contributed by atoms with Crippen LogP contribution in [0.2, 0.25) is 0 Å². The van der Waals surface area contributed by atoms with Gasteiger partial charge in [-0.25, -0.2) is 9.97 Å². The Hall–Kier alpha value is -2.18. The molecule has 120 valence electrons. The zero-order chi connectivity index (χ0) is 15.8. The number of nitrogens with one attached hydrogen (secondary N) is 1. The predicted octanol–water partition coefficient (Wildman–Crippen LogP) is 1.45. The molecule has 1 fully saturated rings. The van der Waals surface area contributed by atoms with Crippen LogP contribution < -0.4 is 5.32 Å². The molecule has 0 radical (unpaired) electrons. The van der Waals surface area contributed by atoms with E-state index in [0.717, 1.165) is 43.3 Å². The van der Waals surface area contributed by atoms with Gasteiger partial charge in [0.1, 0.15) is 11.6 Å². The summed E-state index contributed by atoms with van der Waals surface area (Å²) in [6, 6.07) is 8.59. The molecule has 0 amide bonds. The molecule has 1 saturated heterocycles. The summed E-state index contributed by atoms with van der Waals surface area (Å²) in [5.41, 5.74) is 2.25. The summed E-state index contributed by atoms with van der Waals surface area (Å²) in [7, 11) is 4.16. The van der Waals surface area contributed by atoms with E-state index in [1.807, 2.05) is 18.5 Å². The summed E-state index contributed by atoms with van der Waals surface area (Å²) in [6.07, 6.45) is 3.88. The summed E-state index contributed by atoms with van der Waals surface area (Å²) in [4.78, 5) is 11.8. The van der Waals surface area contributed by atoms with Crippen molar-refractivity contribution < 1.29 is 0 Å². The zero-order valence-corrected chi connectivity index (χ0v) is 13.6. The molecule has 6 heteroatoms. The lowest BCUT2D eigenvalue weighted by Gasteiger charge is -2.35. The van der Waals surface area contributed by atoms with Crippen LogP contribution in [0.5, 0.6) is 0 Å². The Bertz CT molecular complexity index is 817. The molecule has 1 aliphatic rings. The minimum absolute atomic E-state index is 0.281. The number of aromatic nitrogens is 4. The standard InChI is InChI=1S/C17H22N6/c1-21-9-8-19-17(21)15-11-18-7-10-23(15)12-16-20-13-5-3-4-6-14(13)22(16)2/h3-6,8-9,15,18H,7,10-12H2,1-2H3. The van der Waals surface area contributed by atoms with E-state index in [4.69, 9.17) is 4.98 Å². The summed E-state index contributed by atoms with van der Waals surface area (Å²) in [5, 5.41) is 3.49. The molecule has 1 atom stereocenters. The van der Waals surface area contributed by atoms with Gasteiger partial charge in [0.25, 0.3) is 0 Å². The van der Waals surface area contributed by atoms with E-state index in [1.165, 1.54) is 5.52 Å². The average Bonchev–Trinajstić information content (AvgIpc) is 3.13. The number of benzene rings is 1. The number of fused-ring (bicyclic) bond motifs is 1. The van der Waals surface area contributed by atoms with Crippen molar-refractivity contribution in [3.05, 3.63) is 48.3 Å². The van der Waals surface area contributed by atoms with E-state index in [2.05, 4.69) is 56.6 Å². The molecule has 2 aromatic heterocycles. The molecule has 23 heavy (non-hydrogen) atoms. The van der Waals surface area contributed by atoms with Crippen LogP contribution in [0.3, 0.4) is 0 Å². The van der Waals surface area contributed by atoms with Gasteiger partial charge in [-0.15, -0.1) is 0 Å². The Kier molecular flexibility index (Phi) is 3.63. The van der Waals surface area contributed by atoms with Gasteiger partial charge in [-0.2, -0.15) is 0 Å². The van der Waals surface area contributed by atoms with Crippen molar-refractivity contribution in [1.29, 1.82) is 0 Å². The third kappa shape index (κ3) is 2.54. The first-order chi connectivity index (χ1) is 11.2. The number of piperazine rings is 1. The largest absolute Gasteiger partial charge is 0.337 e. The molecule has 0 aliphatic carbocycles. The molecule has 3 aromatic rings. The molecule has 1 unspecified atom stereocenters. The van der Waals surface area contributed by atoms with E-state index in [9.17, 15) is 0 Å². The maximum Gasteiger partial charge on any atom is 0.127 e. The lowest BCUT2D eigenvalue weighted by atomic mass is 10.1. The van der Waals surface area contributed by atoms with Gasteiger partial charge in [-0.1, -0.05) is 12.1 Å². The van der Waals surface area contributed by atoms with Crippen LogP contribution in [0.1, 0.15) is 17.7 Å². The van der Waals surface area contributed by atoms with Crippen molar-refractivity contribution in [1.82, 2.24) is 29.3 Å². The highest BCUT2D eigenvalue weighted by atomic mass is 15.3. The Morgan fingerprint density at radius 1 is 1.26 bits per heavy atom. The minimum atomic E-state index is 0.281. The lowest BCUT2D eigenvalue weighted by molar-refractivity contribution is 0.140. The van der Waals surface area contributed by atoms with Crippen LogP contribution >= 0.6 is 0 Å². The van der Waals surface area contributed by atoms with Gasteiger partial charge in [0.2, 0.25) is 0 Å². The summed E-state index contributed by atoms with van der Waals surface area (Å²) >= 11 is 0. The maximum atomic E-state index is 4.82. The van der Waals surface area contributed by atoms with Crippen molar-refractivity contribution in [3.63, 3.8) is 0 Å². The van der Waals surface area contributed by atoms with Crippen LogP contribution in [0, 0.1) is 0 Å². The fraction of sp³-hybridized carbons (Fsp3) is 0.412. The first-order valence-electron chi connectivity index (χ1n) is 8.06. The molecule has 0 spiro atoms. The zero-order valence-electron chi connectivity index (χ0n) is 13.6. The number of aryl methyl sites for hydroxylation is 2. The summed E-state index contributed by atoms with van der Waals surface area (Å²) < 4.78 is 4.31. The molecule has 4 rings (SSSR count). The van der Waals surface area contributed by atoms with Crippen LogP contribution in [0.25, 0.3) is 11.0 Å². The van der Waals surface area contributed by atoms with Gasteiger partial charge in [0.05, 0.1) is 23.6 Å². The normalized spacial score (nSPS) is 19.5. The molecule has 3 heterocycles. The van der Waals surface area contributed by atoms with Crippen molar-refractivity contribution in [2.24, 2.45) is 14.1 Å². The Labute approximate surface area is 135 Å². The van der Waals surface area contributed by atoms with Crippen LogP contribution in [-0.2, 0) is 20.6 Å². The van der Waals surface area contributed by atoms with E-state index in [1.54, 1.807) is 0 Å². The highest BCUT2D eigenvalue weighted by Crippen LogP contribution is 2.23. The molecule has 1 aliphatic heterocycles. The highest BCUT2D eigenvalue weighted by Gasteiger charge is 2.27. The van der Waals surface area contributed by atoms with Crippen molar-refractivity contribution in [2.45, 2.75) is 12.6 Å². The lowest BCUT2D eigenvalue weighted by Crippen LogP contribution is -2.46. The second-order valence-corrected chi connectivity index (χ2v) is 6.16. The van der Waals surface area contributed by atoms with Gasteiger partial charge in [-0.05, 0) is 12.1 Å². The summed E-state index contributed by atoms with van der Waals surface area (Å²) in [5.74, 6) is 2.21. The fourth-order valence-electron chi connectivity index (χ4n) is 3.41. The van der Waals surface area contributed by atoms with E-state index in [-0.39, 0.29) is 6.04 Å². The molecule has 0 bridgehead atoms. The monoisotopic (exact) mass is 310 g/mol. The Morgan fingerprint density at radius 2 is 2.13 bits per heavy atom. The third-order valence-corrected chi connectivity index (χ3v) is 4.74. The van der Waals surface area contributed by atoms with Crippen LogP contribution in [0.4, 0.5) is 0 Å². The Balaban J connectivity index is 1.65. The summed E-state index contributed by atoms with van der Waals surface area (Å²) in [6.45, 7) is 3.77. The third-order valence-electron chi connectivity index (χ3n) is 4.74. The van der Waals surface area contributed by atoms with Gasteiger partial charge in [-0.3, -0.25) is 4.90 Å². The van der Waals surface area contributed by atoms with E-state index >= 15 is 0 Å². The highest BCUT2D eigenvalue weighted by molar-refractivity contribution is 5.75. The van der Waals surface area contributed by atoms with Gasteiger partial charge >= 0.3 is 0 Å². The first kappa shape index (κ1) is 14.4. The van der Waals surface area contributed by atoms with Gasteiger partial charge in [0, 0.05) is 46.1 Å². The number of para-hydroxylation sites is 2. The smallest absolute Gasteiger partial charge is 0.127 e. The van der Waals surface area contributed by atoms with Crippen molar-refractivity contribution >= 4 is 11.0 Å². The molecule has 6 nitrogen and oxygen atoms in total. The number of hydrogen-bond donors (Lipinski definition) is 1. The minimum Gasteiger partial charge on any atom is -0.337 e. The average molecular weight is 310 g/mol. The van der Waals surface area contributed by atoms with E-state index < -0.39 is 0 Å². The number of hydrogen-bond acceptors (Lipinski definition) is 4. The topological polar surface area (TPSA) is 50.9 Å². The second kappa shape index (κ2) is 5.79. The van der Waals surface area contributed by atoms with Crippen LogP contribution in [-0.4, -0.2) is 43.6 Å². The molecule has 1 aromatic carbocycles. The number of nitrogens with zero attached hydrogens (tertiary/aromatic N) is 5. The second-order valence-electron chi connectivity index (χ2n) is 6.16. The van der Waals surface area contributed by atoms with E-state index in [0.29, 0.717) is 0 Å². The Morgan fingerprint density at radius 3 is 2.91 bits per heavy atom. The molecular weight excluding hydrogens is 288 g/mol. The quantitative estimate of drug-likeness (QED) is 0.795. The molecular formula is C17H22N6.